The zero-order valence-electron chi connectivity index (χ0n) is 17.3. The van der Waals surface area contributed by atoms with E-state index in [0.29, 0.717) is 18.1 Å². The Morgan fingerprint density at radius 3 is 2.36 bits per heavy atom. The van der Waals surface area contributed by atoms with Crippen molar-refractivity contribution in [2.45, 2.75) is 58.8 Å². The molecule has 0 spiro atoms. The minimum Gasteiger partial charge on any atom is -0.426 e. The van der Waals surface area contributed by atoms with Crippen LogP contribution in [0.4, 0.5) is 0 Å². The van der Waals surface area contributed by atoms with Gasteiger partial charge in [-0.25, -0.2) is 0 Å². The molecular formula is C25H32O3. The zero-order valence-corrected chi connectivity index (χ0v) is 17.3. The number of esters is 1. The maximum absolute atomic E-state index is 12.2. The van der Waals surface area contributed by atoms with Gasteiger partial charge in [-0.1, -0.05) is 70.0 Å². The summed E-state index contributed by atoms with van der Waals surface area (Å²) in [7, 11) is 0. The molecular weight excluding hydrogens is 348 g/mol. The standard InChI is InChI=1S/C25H32O3/c1-17(2)25(27)28-24-16-19(14-15-26)6-13-23(24)22-11-9-21(10-12-22)20-7-4-18(3)5-8-20/h6,9-13,16-18,20,26H,4-5,7-8,14-15H2,1-3H3. The van der Waals surface area contributed by atoms with Crippen LogP contribution in [0.25, 0.3) is 11.1 Å². The molecule has 3 rings (SSSR count). The van der Waals surface area contributed by atoms with Crippen LogP contribution in [-0.2, 0) is 11.2 Å². The van der Waals surface area contributed by atoms with E-state index < -0.39 is 0 Å². The van der Waals surface area contributed by atoms with Gasteiger partial charge in [0.1, 0.15) is 5.75 Å². The van der Waals surface area contributed by atoms with Crippen LogP contribution in [0.15, 0.2) is 42.5 Å². The van der Waals surface area contributed by atoms with Crippen LogP contribution in [0.1, 0.15) is 63.5 Å². The Hall–Kier alpha value is -2.13. The van der Waals surface area contributed by atoms with Gasteiger partial charge in [-0.2, -0.15) is 0 Å². The number of aliphatic hydroxyl groups excluding tert-OH is 1. The number of benzene rings is 2. The van der Waals surface area contributed by atoms with Crippen molar-refractivity contribution in [1.29, 1.82) is 0 Å². The van der Waals surface area contributed by atoms with Crippen molar-refractivity contribution < 1.29 is 14.6 Å². The minimum atomic E-state index is -0.240. The molecule has 0 aromatic heterocycles. The van der Waals surface area contributed by atoms with Crippen LogP contribution < -0.4 is 4.74 Å². The first kappa shape index (κ1) is 20.6. The van der Waals surface area contributed by atoms with Crippen molar-refractivity contribution in [3.05, 3.63) is 53.6 Å². The number of rotatable bonds is 6. The second-order valence-electron chi connectivity index (χ2n) is 8.46. The predicted molar refractivity (Wildman–Crippen MR) is 114 cm³/mol. The summed E-state index contributed by atoms with van der Waals surface area (Å²) in [6.45, 7) is 6.09. The number of aliphatic hydroxyl groups is 1. The molecule has 1 saturated carbocycles. The Morgan fingerprint density at radius 1 is 1.07 bits per heavy atom. The van der Waals surface area contributed by atoms with Gasteiger partial charge in [-0.05, 0) is 53.9 Å². The summed E-state index contributed by atoms with van der Waals surface area (Å²) in [6, 6.07) is 14.6. The smallest absolute Gasteiger partial charge is 0.313 e. The van der Waals surface area contributed by atoms with E-state index in [-0.39, 0.29) is 18.5 Å². The highest BCUT2D eigenvalue weighted by Crippen LogP contribution is 2.37. The SMILES string of the molecule is CC1CCC(c2ccc(-c3ccc(CCO)cc3OC(=O)C(C)C)cc2)CC1. The van der Waals surface area contributed by atoms with E-state index in [1.165, 1.54) is 31.2 Å². The van der Waals surface area contributed by atoms with Crippen LogP contribution in [0.2, 0.25) is 0 Å². The van der Waals surface area contributed by atoms with Crippen molar-refractivity contribution in [3.8, 4) is 16.9 Å². The molecule has 2 aromatic rings. The van der Waals surface area contributed by atoms with Crippen molar-refractivity contribution in [2.24, 2.45) is 11.8 Å². The first-order chi connectivity index (χ1) is 13.5. The van der Waals surface area contributed by atoms with E-state index >= 15 is 0 Å². The summed E-state index contributed by atoms with van der Waals surface area (Å²) in [5.74, 6) is 1.66. The molecule has 0 aliphatic heterocycles. The molecule has 0 heterocycles. The second kappa shape index (κ2) is 9.38. The highest BCUT2D eigenvalue weighted by atomic mass is 16.5. The van der Waals surface area contributed by atoms with Gasteiger partial charge >= 0.3 is 5.97 Å². The molecule has 3 nitrogen and oxygen atoms in total. The Labute approximate surface area is 168 Å². The van der Waals surface area contributed by atoms with Gasteiger partial charge in [0.25, 0.3) is 0 Å². The fourth-order valence-corrected chi connectivity index (χ4v) is 3.93. The van der Waals surface area contributed by atoms with E-state index in [1.807, 2.05) is 32.0 Å². The Morgan fingerprint density at radius 2 is 1.75 bits per heavy atom. The molecule has 1 aliphatic carbocycles. The number of hydrogen-bond donors (Lipinski definition) is 1. The third-order valence-electron chi connectivity index (χ3n) is 5.84. The lowest BCUT2D eigenvalue weighted by Gasteiger charge is -2.26. The van der Waals surface area contributed by atoms with Gasteiger partial charge in [-0.15, -0.1) is 0 Å². The van der Waals surface area contributed by atoms with E-state index in [0.717, 1.165) is 22.6 Å². The lowest BCUT2D eigenvalue weighted by molar-refractivity contribution is -0.137. The lowest BCUT2D eigenvalue weighted by atomic mass is 9.79. The molecule has 28 heavy (non-hydrogen) atoms. The molecule has 0 unspecified atom stereocenters. The zero-order chi connectivity index (χ0) is 20.1. The molecule has 3 heteroatoms. The summed E-state index contributed by atoms with van der Waals surface area (Å²) in [4.78, 5) is 12.2. The highest BCUT2D eigenvalue weighted by Gasteiger charge is 2.20. The third-order valence-corrected chi connectivity index (χ3v) is 5.84. The average molecular weight is 381 g/mol. The minimum absolute atomic E-state index is 0.0750. The van der Waals surface area contributed by atoms with E-state index in [2.05, 4.69) is 31.2 Å². The van der Waals surface area contributed by atoms with Gasteiger partial charge < -0.3 is 9.84 Å². The topological polar surface area (TPSA) is 46.5 Å². The van der Waals surface area contributed by atoms with Crippen LogP contribution in [-0.4, -0.2) is 17.7 Å². The van der Waals surface area contributed by atoms with Crippen molar-refractivity contribution in [1.82, 2.24) is 0 Å². The predicted octanol–water partition coefficient (Wildman–Crippen LogP) is 5.74. The van der Waals surface area contributed by atoms with E-state index in [4.69, 9.17) is 4.74 Å². The fraction of sp³-hybridized carbons (Fsp3) is 0.480. The molecule has 0 atom stereocenters. The van der Waals surface area contributed by atoms with Gasteiger partial charge in [0.15, 0.2) is 0 Å². The van der Waals surface area contributed by atoms with Crippen molar-refractivity contribution in [2.75, 3.05) is 6.61 Å². The summed E-state index contributed by atoms with van der Waals surface area (Å²) in [5, 5.41) is 9.23. The summed E-state index contributed by atoms with van der Waals surface area (Å²) in [6.07, 6.45) is 5.72. The number of carbonyl (C=O) groups excluding carboxylic acids is 1. The largest absolute Gasteiger partial charge is 0.426 e. The highest BCUT2D eigenvalue weighted by molar-refractivity contribution is 5.79. The van der Waals surface area contributed by atoms with Gasteiger partial charge in [-0.3, -0.25) is 4.79 Å². The molecule has 1 aliphatic rings. The van der Waals surface area contributed by atoms with E-state index in [9.17, 15) is 9.90 Å². The summed E-state index contributed by atoms with van der Waals surface area (Å²) < 4.78 is 5.69. The number of carbonyl (C=O) groups is 1. The monoisotopic (exact) mass is 380 g/mol. The molecule has 0 amide bonds. The Bertz CT molecular complexity index is 784. The maximum atomic E-state index is 12.2. The van der Waals surface area contributed by atoms with Crippen LogP contribution in [0.3, 0.4) is 0 Å². The molecule has 0 bridgehead atoms. The Kier molecular flexibility index (Phi) is 6.90. The van der Waals surface area contributed by atoms with Crippen LogP contribution in [0, 0.1) is 11.8 Å². The third kappa shape index (κ3) is 5.02. The van der Waals surface area contributed by atoms with Gasteiger partial charge in [0.2, 0.25) is 0 Å². The fourth-order valence-electron chi connectivity index (χ4n) is 3.93. The molecule has 0 saturated heterocycles. The molecule has 0 radical (unpaired) electrons. The van der Waals surface area contributed by atoms with Crippen LogP contribution in [0.5, 0.6) is 5.75 Å². The lowest BCUT2D eigenvalue weighted by Crippen LogP contribution is -2.15. The average Bonchev–Trinajstić information content (AvgIpc) is 2.69. The van der Waals surface area contributed by atoms with Gasteiger partial charge in [0.05, 0.1) is 5.92 Å². The normalized spacial score (nSPS) is 19.6. The summed E-state index contributed by atoms with van der Waals surface area (Å²) in [5.41, 5.74) is 4.34. The molecule has 2 aromatic carbocycles. The first-order valence-electron chi connectivity index (χ1n) is 10.5. The number of ether oxygens (including phenoxy) is 1. The van der Waals surface area contributed by atoms with Gasteiger partial charge in [0, 0.05) is 12.2 Å². The molecule has 1 fully saturated rings. The van der Waals surface area contributed by atoms with E-state index in [1.54, 1.807) is 0 Å². The molecule has 1 N–H and O–H groups in total. The Balaban J connectivity index is 1.85. The van der Waals surface area contributed by atoms with Crippen molar-refractivity contribution in [3.63, 3.8) is 0 Å². The van der Waals surface area contributed by atoms with Crippen LogP contribution >= 0.6 is 0 Å². The quantitative estimate of drug-likeness (QED) is 0.513. The second-order valence-corrected chi connectivity index (χ2v) is 8.46. The number of hydrogen-bond acceptors (Lipinski definition) is 3. The molecule has 150 valence electrons. The van der Waals surface area contributed by atoms with Crippen molar-refractivity contribution >= 4 is 5.97 Å². The summed E-state index contributed by atoms with van der Waals surface area (Å²) >= 11 is 0. The first-order valence-corrected chi connectivity index (χ1v) is 10.5. The maximum Gasteiger partial charge on any atom is 0.313 e.